The minimum atomic E-state index is -0.412. The second-order valence-corrected chi connectivity index (χ2v) is 8.20. The van der Waals surface area contributed by atoms with E-state index in [1.165, 1.54) is 6.20 Å². The van der Waals surface area contributed by atoms with Gasteiger partial charge in [-0.2, -0.15) is 4.98 Å². The Morgan fingerprint density at radius 1 is 1.21 bits per heavy atom. The Morgan fingerprint density at radius 2 is 1.93 bits per heavy atom. The molecule has 8 nitrogen and oxygen atoms in total. The average molecular weight is 393 g/mol. The maximum absolute atomic E-state index is 14.3. The monoisotopic (exact) mass is 393 g/mol. The van der Waals surface area contributed by atoms with E-state index >= 15 is 0 Å². The Bertz CT molecular complexity index is 718. The number of nitrogens with zero attached hydrogens (tertiary/aromatic N) is 5. The van der Waals surface area contributed by atoms with E-state index in [9.17, 15) is 9.18 Å². The summed E-state index contributed by atoms with van der Waals surface area (Å²) in [6.07, 6.45) is 3.39. The first-order chi connectivity index (χ1) is 13.5. The van der Waals surface area contributed by atoms with Crippen molar-refractivity contribution in [2.24, 2.45) is 5.41 Å². The van der Waals surface area contributed by atoms with Gasteiger partial charge in [-0.25, -0.2) is 9.37 Å². The first-order valence-electron chi connectivity index (χ1n) is 9.93. The van der Waals surface area contributed by atoms with Crippen molar-refractivity contribution in [3.63, 3.8) is 0 Å². The molecule has 0 aromatic carbocycles. The van der Waals surface area contributed by atoms with E-state index in [4.69, 9.17) is 9.47 Å². The highest BCUT2D eigenvalue weighted by Crippen LogP contribution is 2.43. The Balaban J connectivity index is 1.43. The van der Waals surface area contributed by atoms with Gasteiger partial charge in [-0.15, -0.1) is 0 Å². The number of cyclic esters (lactones) is 1. The molecule has 3 aliphatic heterocycles. The number of hydrogen-bond donors (Lipinski definition) is 0. The van der Waals surface area contributed by atoms with Gasteiger partial charge in [0.05, 0.1) is 24.8 Å². The summed E-state index contributed by atoms with van der Waals surface area (Å²) in [5, 5.41) is 0. The van der Waals surface area contributed by atoms with Gasteiger partial charge in [-0.3, -0.25) is 4.79 Å². The third kappa shape index (κ3) is 3.77. The number of piperidine rings is 1. The van der Waals surface area contributed by atoms with Crippen LogP contribution in [-0.4, -0.2) is 87.0 Å². The zero-order chi connectivity index (χ0) is 19.7. The largest absolute Gasteiger partial charge is 0.461 e. The predicted octanol–water partition coefficient (Wildman–Crippen LogP) is 0.916. The molecule has 0 N–H and O–H groups in total. The van der Waals surface area contributed by atoms with Crippen LogP contribution in [-0.2, 0) is 14.3 Å². The lowest BCUT2D eigenvalue weighted by molar-refractivity contribution is -0.150. The number of morpholine rings is 1. The van der Waals surface area contributed by atoms with Crippen molar-refractivity contribution in [1.82, 2.24) is 14.9 Å². The summed E-state index contributed by atoms with van der Waals surface area (Å²) in [6, 6.07) is 0. The minimum absolute atomic E-state index is 0.0379. The van der Waals surface area contributed by atoms with Crippen LogP contribution in [0.1, 0.15) is 19.3 Å². The van der Waals surface area contributed by atoms with Crippen LogP contribution in [0.2, 0.25) is 0 Å². The molecule has 1 spiro atoms. The van der Waals surface area contributed by atoms with Gasteiger partial charge in [0.15, 0.2) is 11.6 Å². The van der Waals surface area contributed by atoms with Gasteiger partial charge in [0.1, 0.15) is 6.10 Å². The van der Waals surface area contributed by atoms with E-state index in [1.807, 2.05) is 28.8 Å². The van der Waals surface area contributed by atoms with Gasteiger partial charge in [-0.1, -0.05) is 0 Å². The number of anilines is 2. The molecule has 1 atom stereocenters. The van der Waals surface area contributed by atoms with Crippen molar-refractivity contribution in [1.29, 1.82) is 0 Å². The Hall–Kier alpha value is -2.00. The number of rotatable bonds is 4. The molecule has 0 bridgehead atoms. The molecular formula is C19H28FN5O3. The molecular weight excluding hydrogens is 365 g/mol. The molecule has 9 heteroatoms. The summed E-state index contributed by atoms with van der Waals surface area (Å²) < 4.78 is 25.2. The zero-order valence-corrected chi connectivity index (χ0v) is 16.6. The molecule has 28 heavy (non-hydrogen) atoms. The number of ether oxygens (including phenoxy) is 2. The third-order valence-corrected chi connectivity index (χ3v) is 5.92. The predicted molar refractivity (Wildman–Crippen MR) is 102 cm³/mol. The second-order valence-electron chi connectivity index (χ2n) is 8.20. The fourth-order valence-corrected chi connectivity index (χ4v) is 4.39. The summed E-state index contributed by atoms with van der Waals surface area (Å²) in [4.78, 5) is 27.2. The number of aromatic nitrogens is 2. The van der Waals surface area contributed by atoms with Crippen molar-refractivity contribution >= 4 is 17.7 Å². The molecule has 4 heterocycles. The van der Waals surface area contributed by atoms with Crippen LogP contribution >= 0.6 is 0 Å². The molecule has 3 aliphatic rings. The van der Waals surface area contributed by atoms with E-state index in [1.54, 1.807) is 0 Å². The van der Waals surface area contributed by atoms with E-state index in [0.717, 1.165) is 13.0 Å². The fraction of sp³-hybridized carbons (Fsp3) is 0.737. The topological polar surface area (TPSA) is 71.0 Å². The van der Waals surface area contributed by atoms with Crippen molar-refractivity contribution in [3.8, 4) is 0 Å². The Labute approximate surface area is 164 Å². The zero-order valence-electron chi connectivity index (χ0n) is 16.6. The minimum Gasteiger partial charge on any atom is -0.461 e. The molecule has 0 aliphatic carbocycles. The lowest BCUT2D eigenvalue weighted by atomic mass is 9.76. The molecule has 0 amide bonds. The van der Waals surface area contributed by atoms with Crippen LogP contribution in [0.5, 0.6) is 0 Å². The fourth-order valence-electron chi connectivity index (χ4n) is 4.39. The number of hydrogen-bond acceptors (Lipinski definition) is 8. The van der Waals surface area contributed by atoms with Crippen LogP contribution < -0.4 is 9.80 Å². The normalized spacial score (nSPS) is 24.9. The van der Waals surface area contributed by atoms with Crippen LogP contribution in [0.3, 0.4) is 0 Å². The summed E-state index contributed by atoms with van der Waals surface area (Å²) in [6.45, 7) is 4.46. The highest BCUT2D eigenvalue weighted by molar-refractivity contribution is 5.79. The molecule has 0 saturated carbocycles. The summed E-state index contributed by atoms with van der Waals surface area (Å²) in [5.74, 6) is 0.368. The van der Waals surface area contributed by atoms with Gasteiger partial charge in [0.25, 0.3) is 0 Å². The van der Waals surface area contributed by atoms with Crippen LogP contribution in [0, 0.1) is 11.2 Å². The third-order valence-electron chi connectivity index (χ3n) is 5.92. The van der Waals surface area contributed by atoms with E-state index in [2.05, 4.69) is 9.97 Å². The molecule has 154 valence electrons. The van der Waals surface area contributed by atoms with Crippen LogP contribution in [0.25, 0.3) is 0 Å². The van der Waals surface area contributed by atoms with E-state index in [0.29, 0.717) is 64.0 Å². The number of carbonyl (C=O) groups is 1. The number of halogens is 1. The Morgan fingerprint density at radius 3 is 2.61 bits per heavy atom. The highest BCUT2D eigenvalue weighted by Gasteiger charge is 2.50. The number of esters is 1. The Kier molecular flexibility index (Phi) is 5.37. The molecule has 4 rings (SSSR count). The number of likely N-dealkylation sites (N-methyl/N-ethyl adjacent to an activating group) is 1. The summed E-state index contributed by atoms with van der Waals surface area (Å²) in [5.41, 5.74) is -0.399. The smallest absolute Gasteiger partial charge is 0.312 e. The van der Waals surface area contributed by atoms with E-state index < -0.39 is 11.2 Å². The van der Waals surface area contributed by atoms with Crippen LogP contribution in [0.15, 0.2) is 6.20 Å². The first kappa shape index (κ1) is 19.3. The van der Waals surface area contributed by atoms with Crippen molar-refractivity contribution in [2.45, 2.75) is 25.4 Å². The summed E-state index contributed by atoms with van der Waals surface area (Å²) in [7, 11) is 3.97. The van der Waals surface area contributed by atoms with Gasteiger partial charge in [0.2, 0.25) is 5.95 Å². The lowest BCUT2D eigenvalue weighted by Gasteiger charge is -2.37. The molecule has 0 radical (unpaired) electrons. The van der Waals surface area contributed by atoms with Gasteiger partial charge < -0.3 is 24.2 Å². The van der Waals surface area contributed by atoms with Gasteiger partial charge in [-0.05, 0) is 26.9 Å². The van der Waals surface area contributed by atoms with Gasteiger partial charge >= 0.3 is 5.97 Å². The summed E-state index contributed by atoms with van der Waals surface area (Å²) >= 11 is 0. The maximum atomic E-state index is 14.3. The molecule has 3 fully saturated rings. The molecule has 1 aromatic heterocycles. The SMILES string of the molecule is CN(C)CC1CC2(CCN(c3ncc(F)c(N4CCOCC4)n3)CC2)C(=O)O1. The van der Waals surface area contributed by atoms with Crippen molar-refractivity contribution < 1.29 is 18.7 Å². The highest BCUT2D eigenvalue weighted by atomic mass is 19.1. The quantitative estimate of drug-likeness (QED) is 0.700. The van der Waals surface area contributed by atoms with Crippen molar-refractivity contribution in [3.05, 3.63) is 12.0 Å². The van der Waals surface area contributed by atoms with Gasteiger partial charge in [0, 0.05) is 39.1 Å². The second kappa shape index (κ2) is 7.79. The molecule has 1 aromatic rings. The first-order valence-corrected chi connectivity index (χ1v) is 9.93. The lowest BCUT2D eigenvalue weighted by Crippen LogP contribution is -2.43. The molecule has 1 unspecified atom stereocenters. The maximum Gasteiger partial charge on any atom is 0.312 e. The molecule has 3 saturated heterocycles. The number of carbonyl (C=O) groups excluding carboxylic acids is 1. The van der Waals surface area contributed by atoms with Crippen molar-refractivity contribution in [2.75, 3.05) is 69.8 Å². The standard InChI is InChI=1S/C19H28FN5O3/c1-23(2)13-14-11-19(17(26)28-14)3-5-25(6-4-19)18-21-12-15(20)16(22-18)24-7-9-27-10-8-24/h12,14H,3-11,13H2,1-2H3. The van der Waals surface area contributed by atoms with Crippen LogP contribution in [0.4, 0.5) is 16.2 Å². The van der Waals surface area contributed by atoms with E-state index in [-0.39, 0.29) is 12.1 Å². The average Bonchev–Trinajstić information content (AvgIpc) is 2.97.